The molecule has 0 spiro atoms. The van der Waals surface area contributed by atoms with Gasteiger partial charge in [0.15, 0.2) is 5.11 Å². The second-order valence-corrected chi connectivity index (χ2v) is 8.05. The van der Waals surface area contributed by atoms with Crippen LogP contribution in [0.5, 0.6) is 0 Å². The number of hydrogen-bond donors (Lipinski definition) is 2. The molecule has 0 atom stereocenters. The van der Waals surface area contributed by atoms with Gasteiger partial charge < -0.3 is 10.6 Å². The van der Waals surface area contributed by atoms with Gasteiger partial charge in [-0.15, -0.1) is 0 Å². The van der Waals surface area contributed by atoms with E-state index in [-0.39, 0.29) is 0 Å². The van der Waals surface area contributed by atoms with Crippen LogP contribution >= 0.6 is 35.6 Å². The molecule has 1 fully saturated rings. The Bertz CT molecular complexity index is 488. The zero-order chi connectivity index (χ0) is 15.8. The van der Waals surface area contributed by atoms with Crippen molar-refractivity contribution in [3.05, 3.63) is 28.8 Å². The third-order valence-corrected chi connectivity index (χ3v) is 6.06. The Balaban J connectivity index is 1.58. The van der Waals surface area contributed by atoms with Gasteiger partial charge in [-0.25, -0.2) is 0 Å². The van der Waals surface area contributed by atoms with Gasteiger partial charge in [-0.1, -0.05) is 36.9 Å². The lowest BCUT2D eigenvalue weighted by Crippen LogP contribution is -2.29. The first-order valence-electron chi connectivity index (χ1n) is 8.08. The molecule has 2 N–H and O–H groups in total. The minimum Gasteiger partial charge on any atom is -0.362 e. The Morgan fingerprint density at radius 1 is 1.32 bits per heavy atom. The van der Waals surface area contributed by atoms with Gasteiger partial charge in [-0.2, -0.15) is 11.8 Å². The molecule has 22 heavy (non-hydrogen) atoms. The summed E-state index contributed by atoms with van der Waals surface area (Å²) >= 11 is 13.6. The number of aryl methyl sites for hydroxylation is 1. The second-order valence-electron chi connectivity index (χ2n) is 5.83. The Morgan fingerprint density at radius 2 is 2.09 bits per heavy atom. The van der Waals surface area contributed by atoms with Gasteiger partial charge in [-0.05, 0) is 61.9 Å². The van der Waals surface area contributed by atoms with Crippen LogP contribution < -0.4 is 10.6 Å². The molecule has 1 aromatic rings. The summed E-state index contributed by atoms with van der Waals surface area (Å²) in [4.78, 5) is 0. The molecule has 0 heterocycles. The van der Waals surface area contributed by atoms with E-state index < -0.39 is 0 Å². The van der Waals surface area contributed by atoms with Gasteiger partial charge in [-0.3, -0.25) is 0 Å². The first-order valence-corrected chi connectivity index (χ1v) is 9.91. The van der Waals surface area contributed by atoms with Gasteiger partial charge >= 0.3 is 0 Å². The monoisotopic (exact) mass is 356 g/mol. The lowest BCUT2D eigenvalue weighted by molar-refractivity contribution is 0.516. The maximum Gasteiger partial charge on any atom is 0.170 e. The number of hydrogen-bond acceptors (Lipinski definition) is 2. The molecule has 0 unspecified atom stereocenters. The van der Waals surface area contributed by atoms with Gasteiger partial charge in [0.1, 0.15) is 0 Å². The van der Waals surface area contributed by atoms with Crippen molar-refractivity contribution in [1.29, 1.82) is 0 Å². The molecule has 1 aliphatic rings. The lowest BCUT2D eigenvalue weighted by Gasteiger charge is -2.20. The Morgan fingerprint density at radius 3 is 2.82 bits per heavy atom. The molecular formula is C17H25ClN2S2. The van der Waals surface area contributed by atoms with Gasteiger partial charge in [0.25, 0.3) is 0 Å². The van der Waals surface area contributed by atoms with Crippen molar-refractivity contribution in [3.63, 3.8) is 0 Å². The van der Waals surface area contributed by atoms with Crippen molar-refractivity contribution in [2.24, 2.45) is 0 Å². The lowest BCUT2D eigenvalue weighted by atomic mass is 10.0. The first-order chi connectivity index (χ1) is 10.6. The summed E-state index contributed by atoms with van der Waals surface area (Å²) in [6, 6.07) is 5.89. The summed E-state index contributed by atoms with van der Waals surface area (Å²) in [5, 5.41) is 8.77. The van der Waals surface area contributed by atoms with Crippen LogP contribution in [0.4, 0.5) is 5.69 Å². The van der Waals surface area contributed by atoms with E-state index in [1.54, 1.807) is 0 Å². The number of halogens is 1. The van der Waals surface area contributed by atoms with Crippen LogP contribution in [0.2, 0.25) is 5.02 Å². The van der Waals surface area contributed by atoms with E-state index in [0.717, 1.165) is 34.5 Å². The van der Waals surface area contributed by atoms with Gasteiger partial charge in [0, 0.05) is 22.5 Å². The highest BCUT2D eigenvalue weighted by Gasteiger charge is 2.12. The van der Waals surface area contributed by atoms with Crippen molar-refractivity contribution < 1.29 is 0 Å². The number of nitrogens with one attached hydrogen (secondary N) is 2. The molecule has 5 heteroatoms. The molecule has 0 radical (unpaired) electrons. The summed E-state index contributed by atoms with van der Waals surface area (Å²) in [7, 11) is 0. The number of thioether (sulfide) groups is 1. The zero-order valence-corrected chi connectivity index (χ0v) is 15.5. The molecule has 0 aliphatic heterocycles. The largest absolute Gasteiger partial charge is 0.362 e. The Hall–Kier alpha value is -0.450. The smallest absolute Gasteiger partial charge is 0.170 e. The third-order valence-electron chi connectivity index (χ3n) is 3.94. The van der Waals surface area contributed by atoms with Crippen molar-refractivity contribution in [3.8, 4) is 0 Å². The molecule has 0 aromatic heterocycles. The fourth-order valence-corrected chi connectivity index (χ4v) is 4.31. The van der Waals surface area contributed by atoms with E-state index >= 15 is 0 Å². The van der Waals surface area contributed by atoms with Crippen LogP contribution in [0.1, 0.15) is 44.1 Å². The summed E-state index contributed by atoms with van der Waals surface area (Å²) in [5.74, 6) is 1.22. The number of rotatable bonds is 6. The average Bonchev–Trinajstić information content (AvgIpc) is 2.52. The molecule has 1 aromatic carbocycles. The third kappa shape index (κ3) is 6.35. The zero-order valence-electron chi connectivity index (χ0n) is 13.2. The van der Waals surface area contributed by atoms with Crippen LogP contribution in [-0.4, -0.2) is 22.7 Å². The van der Waals surface area contributed by atoms with E-state index in [4.69, 9.17) is 23.8 Å². The van der Waals surface area contributed by atoms with E-state index in [2.05, 4.69) is 22.4 Å². The predicted octanol–water partition coefficient (Wildman–Crippen LogP) is 5.39. The van der Waals surface area contributed by atoms with Crippen molar-refractivity contribution in [2.75, 3.05) is 17.6 Å². The molecule has 0 bridgehead atoms. The quantitative estimate of drug-likeness (QED) is 0.527. The van der Waals surface area contributed by atoms with Crippen LogP contribution in [0.3, 0.4) is 0 Å². The minimum absolute atomic E-state index is 0.669. The fourth-order valence-electron chi connectivity index (χ4n) is 2.60. The average molecular weight is 357 g/mol. The molecule has 122 valence electrons. The molecule has 1 saturated carbocycles. The second kappa shape index (κ2) is 9.64. The van der Waals surface area contributed by atoms with Crippen LogP contribution in [-0.2, 0) is 0 Å². The highest BCUT2D eigenvalue weighted by Crippen LogP contribution is 2.28. The Labute approximate surface area is 148 Å². The molecule has 0 saturated heterocycles. The van der Waals surface area contributed by atoms with Crippen molar-refractivity contribution in [2.45, 2.75) is 50.7 Å². The highest BCUT2D eigenvalue weighted by atomic mass is 35.5. The fraction of sp³-hybridized carbons (Fsp3) is 0.588. The van der Waals surface area contributed by atoms with E-state index in [1.807, 2.05) is 25.1 Å². The maximum atomic E-state index is 6.11. The predicted molar refractivity (Wildman–Crippen MR) is 104 cm³/mol. The van der Waals surface area contributed by atoms with Gasteiger partial charge in [0.05, 0.1) is 0 Å². The topological polar surface area (TPSA) is 24.1 Å². The number of thiocarbonyl (C=S) groups is 1. The molecule has 2 rings (SSSR count). The van der Waals surface area contributed by atoms with E-state index in [1.165, 1.54) is 37.9 Å². The van der Waals surface area contributed by atoms with Gasteiger partial charge in [0.2, 0.25) is 0 Å². The standard InChI is InChI=1S/C17H25ClN2S2/c1-13-8-9-14(12-16(13)18)20-17(21)19-10-5-11-22-15-6-3-2-4-7-15/h8-9,12,15H,2-7,10-11H2,1H3,(H2,19,20,21). The number of benzene rings is 1. The van der Waals surface area contributed by atoms with Crippen LogP contribution in [0, 0.1) is 6.92 Å². The van der Waals surface area contributed by atoms with E-state index in [9.17, 15) is 0 Å². The summed E-state index contributed by atoms with van der Waals surface area (Å²) in [6.45, 7) is 2.91. The van der Waals surface area contributed by atoms with Crippen LogP contribution in [0.15, 0.2) is 18.2 Å². The minimum atomic E-state index is 0.669. The summed E-state index contributed by atoms with van der Waals surface area (Å²) in [6.07, 6.45) is 8.24. The SMILES string of the molecule is Cc1ccc(NC(=S)NCCCSC2CCCCC2)cc1Cl. The molecule has 0 amide bonds. The molecule has 2 nitrogen and oxygen atoms in total. The normalized spacial score (nSPS) is 15.5. The van der Waals surface area contributed by atoms with Crippen molar-refractivity contribution in [1.82, 2.24) is 5.32 Å². The van der Waals surface area contributed by atoms with Crippen LogP contribution in [0.25, 0.3) is 0 Å². The summed E-state index contributed by atoms with van der Waals surface area (Å²) in [5.41, 5.74) is 2.01. The molecular weight excluding hydrogens is 332 g/mol. The van der Waals surface area contributed by atoms with E-state index in [0.29, 0.717) is 5.11 Å². The summed E-state index contributed by atoms with van der Waals surface area (Å²) < 4.78 is 0. The molecule has 1 aliphatic carbocycles. The first kappa shape index (κ1) is 17.9. The van der Waals surface area contributed by atoms with Crippen molar-refractivity contribution >= 4 is 46.4 Å². The maximum absolute atomic E-state index is 6.11. The number of anilines is 1. The highest BCUT2D eigenvalue weighted by molar-refractivity contribution is 7.99. The Kier molecular flexibility index (Phi) is 7.84.